The summed E-state index contributed by atoms with van der Waals surface area (Å²) in [7, 11) is 0. The van der Waals surface area contributed by atoms with Crippen LogP contribution in [-0.2, 0) is 0 Å². The molecular weight excluding hydrogens is 352 g/mol. The third-order valence-corrected chi connectivity index (χ3v) is 4.72. The summed E-state index contributed by atoms with van der Waals surface area (Å²) < 4.78 is 0. The van der Waals surface area contributed by atoms with Crippen LogP contribution in [0.1, 0.15) is 45.7 Å². The summed E-state index contributed by atoms with van der Waals surface area (Å²) in [6, 6.07) is 15.4. The number of carbonyl (C=O) groups excluding carboxylic acids is 1. The van der Waals surface area contributed by atoms with E-state index in [0.29, 0.717) is 16.3 Å². The molecule has 0 aliphatic heterocycles. The number of benzene rings is 2. The fraction of sp³-hybridized carbons (Fsp3) is 0.150. The lowest BCUT2D eigenvalue weighted by atomic mass is 9.98. The second-order valence-corrected chi connectivity index (χ2v) is 6.61. The molecule has 0 saturated carbocycles. The second-order valence-electron chi connectivity index (χ2n) is 6.21. The van der Waals surface area contributed by atoms with Crippen molar-refractivity contribution in [3.05, 3.63) is 97.8 Å². The molecule has 0 spiro atoms. The molecule has 3 aromatic rings. The van der Waals surface area contributed by atoms with E-state index in [-0.39, 0.29) is 17.4 Å². The zero-order valence-electron chi connectivity index (χ0n) is 14.3. The number of hydrogen-bond acceptors (Lipinski definition) is 3. The third-order valence-electron chi connectivity index (χ3n) is 4.39. The zero-order valence-corrected chi connectivity index (χ0v) is 15.1. The SMILES string of the molecule is Cc1ccc(C(=O)c2ccc(C(C)c3ccc([N+](=O)[O-])cc3Cl)[nH]2)cc1. The van der Waals surface area contributed by atoms with E-state index >= 15 is 0 Å². The van der Waals surface area contributed by atoms with Crippen LogP contribution in [0, 0.1) is 17.0 Å². The van der Waals surface area contributed by atoms with Crippen LogP contribution in [0.2, 0.25) is 5.02 Å². The minimum atomic E-state index is -0.479. The molecule has 1 aromatic heterocycles. The topological polar surface area (TPSA) is 76.0 Å². The molecule has 2 aromatic carbocycles. The van der Waals surface area contributed by atoms with Gasteiger partial charge in [0.15, 0.2) is 0 Å². The molecule has 1 N–H and O–H groups in total. The Morgan fingerprint density at radius 1 is 1.12 bits per heavy atom. The second kappa shape index (κ2) is 7.14. The van der Waals surface area contributed by atoms with E-state index in [0.717, 1.165) is 16.8 Å². The Hall–Kier alpha value is -2.92. The molecule has 0 saturated heterocycles. The molecule has 132 valence electrons. The zero-order chi connectivity index (χ0) is 18.8. The number of ketones is 1. The molecule has 5 nitrogen and oxygen atoms in total. The first kappa shape index (κ1) is 17.9. The molecule has 1 heterocycles. The largest absolute Gasteiger partial charge is 0.355 e. The van der Waals surface area contributed by atoms with Crippen molar-refractivity contribution in [1.82, 2.24) is 4.98 Å². The van der Waals surface area contributed by atoms with Crippen LogP contribution in [0.5, 0.6) is 0 Å². The van der Waals surface area contributed by atoms with Crippen molar-refractivity contribution in [3.63, 3.8) is 0 Å². The summed E-state index contributed by atoms with van der Waals surface area (Å²) in [6.45, 7) is 3.90. The van der Waals surface area contributed by atoms with Gasteiger partial charge in [-0.15, -0.1) is 0 Å². The van der Waals surface area contributed by atoms with Gasteiger partial charge in [0.1, 0.15) is 0 Å². The first-order valence-electron chi connectivity index (χ1n) is 8.11. The summed E-state index contributed by atoms with van der Waals surface area (Å²) in [6.07, 6.45) is 0. The van der Waals surface area contributed by atoms with Gasteiger partial charge in [-0.25, -0.2) is 0 Å². The van der Waals surface area contributed by atoms with E-state index < -0.39 is 4.92 Å². The van der Waals surface area contributed by atoms with Gasteiger partial charge in [-0.05, 0) is 24.6 Å². The molecule has 0 aliphatic rings. The van der Waals surface area contributed by atoms with Crippen LogP contribution < -0.4 is 0 Å². The normalized spacial score (nSPS) is 12.0. The Labute approximate surface area is 155 Å². The Morgan fingerprint density at radius 3 is 2.42 bits per heavy atom. The number of aromatic amines is 1. The van der Waals surface area contributed by atoms with Crippen LogP contribution in [-0.4, -0.2) is 15.7 Å². The van der Waals surface area contributed by atoms with Crippen molar-refractivity contribution in [2.75, 3.05) is 0 Å². The third kappa shape index (κ3) is 3.53. The number of H-pyrrole nitrogens is 1. The minimum Gasteiger partial charge on any atom is -0.355 e. The number of rotatable bonds is 5. The standard InChI is InChI=1S/C20H17ClN2O3/c1-12-3-5-14(6-4-12)20(24)19-10-9-18(22-19)13(2)16-8-7-15(23(25)26)11-17(16)21/h3-11,13,22H,1-2H3. The lowest BCUT2D eigenvalue weighted by molar-refractivity contribution is -0.384. The lowest BCUT2D eigenvalue weighted by Gasteiger charge is -2.12. The van der Waals surface area contributed by atoms with Gasteiger partial charge in [-0.1, -0.05) is 54.4 Å². The van der Waals surface area contributed by atoms with Gasteiger partial charge in [0.05, 0.1) is 15.6 Å². The number of nitrogens with zero attached hydrogens (tertiary/aromatic N) is 1. The minimum absolute atomic E-state index is 0.0485. The van der Waals surface area contributed by atoms with Gasteiger partial charge < -0.3 is 4.98 Å². The first-order chi connectivity index (χ1) is 12.4. The number of non-ortho nitro benzene ring substituents is 1. The maximum Gasteiger partial charge on any atom is 0.270 e. The van der Waals surface area contributed by atoms with Crippen molar-refractivity contribution < 1.29 is 9.72 Å². The van der Waals surface area contributed by atoms with Gasteiger partial charge in [-0.3, -0.25) is 14.9 Å². The predicted molar refractivity (Wildman–Crippen MR) is 101 cm³/mol. The number of nitro groups is 1. The number of halogens is 1. The highest BCUT2D eigenvalue weighted by Crippen LogP contribution is 2.32. The molecule has 26 heavy (non-hydrogen) atoms. The Morgan fingerprint density at radius 2 is 1.81 bits per heavy atom. The van der Waals surface area contributed by atoms with Crippen LogP contribution in [0.3, 0.4) is 0 Å². The molecule has 0 amide bonds. The Kier molecular flexibility index (Phi) is 4.91. The maximum atomic E-state index is 12.6. The van der Waals surface area contributed by atoms with E-state index in [4.69, 9.17) is 11.6 Å². The van der Waals surface area contributed by atoms with Crippen LogP contribution in [0.15, 0.2) is 54.6 Å². The highest BCUT2D eigenvalue weighted by atomic mass is 35.5. The smallest absolute Gasteiger partial charge is 0.270 e. The van der Waals surface area contributed by atoms with Crippen molar-refractivity contribution >= 4 is 23.1 Å². The molecular formula is C20H17ClN2O3. The summed E-state index contributed by atoms with van der Waals surface area (Å²) >= 11 is 6.21. The molecule has 0 bridgehead atoms. The van der Waals surface area contributed by atoms with Crippen LogP contribution in [0.25, 0.3) is 0 Å². The quantitative estimate of drug-likeness (QED) is 0.378. The first-order valence-corrected chi connectivity index (χ1v) is 8.48. The highest BCUT2D eigenvalue weighted by Gasteiger charge is 2.18. The van der Waals surface area contributed by atoms with E-state index in [1.54, 1.807) is 24.3 Å². The van der Waals surface area contributed by atoms with E-state index in [9.17, 15) is 14.9 Å². The summed E-state index contributed by atoms with van der Waals surface area (Å²) in [5.74, 6) is -0.221. The van der Waals surface area contributed by atoms with Gasteiger partial charge in [0, 0.05) is 29.3 Å². The number of hydrogen-bond donors (Lipinski definition) is 1. The Bertz CT molecular complexity index is 977. The van der Waals surface area contributed by atoms with E-state index in [1.807, 2.05) is 32.0 Å². The molecule has 3 rings (SSSR count). The molecule has 1 atom stereocenters. The average molecular weight is 369 g/mol. The Balaban J connectivity index is 1.86. The summed E-state index contributed by atoms with van der Waals surface area (Å²) in [4.78, 5) is 26.1. The van der Waals surface area contributed by atoms with Gasteiger partial charge in [0.2, 0.25) is 5.78 Å². The molecule has 0 radical (unpaired) electrons. The number of carbonyl (C=O) groups is 1. The monoisotopic (exact) mass is 368 g/mol. The molecule has 0 aliphatic carbocycles. The van der Waals surface area contributed by atoms with Crippen molar-refractivity contribution in [2.24, 2.45) is 0 Å². The van der Waals surface area contributed by atoms with E-state index in [2.05, 4.69) is 4.98 Å². The van der Waals surface area contributed by atoms with Crippen LogP contribution >= 0.6 is 11.6 Å². The van der Waals surface area contributed by atoms with Crippen molar-refractivity contribution in [3.8, 4) is 0 Å². The van der Waals surface area contributed by atoms with Gasteiger partial charge in [0.25, 0.3) is 5.69 Å². The number of aromatic nitrogens is 1. The average Bonchev–Trinajstić information content (AvgIpc) is 3.11. The van der Waals surface area contributed by atoms with Gasteiger partial charge in [-0.2, -0.15) is 0 Å². The van der Waals surface area contributed by atoms with Crippen LogP contribution in [0.4, 0.5) is 5.69 Å². The fourth-order valence-electron chi connectivity index (χ4n) is 2.81. The molecule has 0 fully saturated rings. The van der Waals surface area contributed by atoms with E-state index in [1.165, 1.54) is 12.1 Å². The van der Waals surface area contributed by atoms with Crippen molar-refractivity contribution in [1.29, 1.82) is 0 Å². The summed E-state index contributed by atoms with van der Waals surface area (Å²) in [5, 5.41) is 11.2. The molecule has 6 heteroatoms. The number of aryl methyl sites for hydroxylation is 1. The highest BCUT2D eigenvalue weighted by molar-refractivity contribution is 6.31. The molecule has 1 unspecified atom stereocenters. The fourth-order valence-corrected chi connectivity index (χ4v) is 3.14. The number of nitro benzene ring substituents is 1. The van der Waals surface area contributed by atoms with Crippen molar-refractivity contribution in [2.45, 2.75) is 19.8 Å². The predicted octanol–water partition coefficient (Wildman–Crippen LogP) is 5.27. The number of nitrogens with one attached hydrogen (secondary N) is 1. The summed E-state index contributed by atoms with van der Waals surface area (Å²) in [5.41, 5.74) is 3.73. The van der Waals surface area contributed by atoms with Gasteiger partial charge >= 0.3 is 0 Å². The lowest BCUT2D eigenvalue weighted by Crippen LogP contribution is -2.03. The maximum absolute atomic E-state index is 12.6.